The second-order valence-electron chi connectivity index (χ2n) is 6.54. The number of para-hydroxylation sites is 1. The fraction of sp³-hybridized carbons (Fsp3) is 0.529. The molecule has 2 amide bonds. The molecule has 0 heterocycles. The molecule has 1 aromatic rings. The summed E-state index contributed by atoms with van der Waals surface area (Å²) in [6, 6.07) is 4.66. The lowest BCUT2D eigenvalue weighted by Gasteiger charge is -2.24. The molecule has 8 heteroatoms. The topological polar surface area (TPSA) is 61.4 Å². The zero-order chi connectivity index (χ0) is 19.3. The molecular weight excluding hydrogens is 335 g/mol. The van der Waals surface area contributed by atoms with E-state index in [1.807, 2.05) is 19.0 Å². The van der Waals surface area contributed by atoms with Crippen molar-refractivity contribution in [1.29, 1.82) is 0 Å². The van der Waals surface area contributed by atoms with E-state index >= 15 is 0 Å². The van der Waals surface area contributed by atoms with E-state index in [0.717, 1.165) is 18.7 Å². The average molecular weight is 359 g/mol. The molecule has 0 spiro atoms. The van der Waals surface area contributed by atoms with Gasteiger partial charge >= 0.3 is 6.18 Å². The van der Waals surface area contributed by atoms with Crippen LogP contribution in [0.3, 0.4) is 0 Å². The Kier molecular flexibility index (Phi) is 6.98. The van der Waals surface area contributed by atoms with Crippen LogP contribution in [0, 0.1) is 5.41 Å². The van der Waals surface area contributed by atoms with Gasteiger partial charge in [-0.3, -0.25) is 9.59 Å². The van der Waals surface area contributed by atoms with Crippen molar-refractivity contribution in [3.8, 4) is 0 Å². The number of anilines is 1. The maximum absolute atomic E-state index is 13.0. The van der Waals surface area contributed by atoms with Crippen LogP contribution in [0.5, 0.6) is 0 Å². The highest BCUT2D eigenvalue weighted by atomic mass is 19.4. The monoisotopic (exact) mass is 359 g/mol. The Morgan fingerprint density at radius 3 is 2.24 bits per heavy atom. The summed E-state index contributed by atoms with van der Waals surface area (Å²) in [4.78, 5) is 26.5. The first-order chi connectivity index (χ1) is 11.5. The number of alkyl halides is 3. The zero-order valence-corrected chi connectivity index (χ0v) is 14.8. The van der Waals surface area contributed by atoms with E-state index < -0.39 is 29.0 Å². The minimum absolute atomic E-state index is 0.367. The summed E-state index contributed by atoms with van der Waals surface area (Å²) in [5.74, 6) is -1.33. The highest BCUT2D eigenvalue weighted by Crippen LogP contribution is 2.35. The van der Waals surface area contributed by atoms with E-state index in [1.165, 1.54) is 26.0 Å². The number of nitrogens with zero attached hydrogens (tertiary/aromatic N) is 1. The number of amides is 2. The Hall–Kier alpha value is -2.09. The van der Waals surface area contributed by atoms with Crippen molar-refractivity contribution in [3.05, 3.63) is 29.8 Å². The SMILES string of the molecule is CN(C)CCCNC(=O)C(C)(C)C(=O)Nc1ccccc1C(F)(F)F. The van der Waals surface area contributed by atoms with Gasteiger partial charge in [-0.15, -0.1) is 0 Å². The van der Waals surface area contributed by atoms with Crippen molar-refractivity contribution in [3.63, 3.8) is 0 Å². The minimum atomic E-state index is -4.59. The van der Waals surface area contributed by atoms with Gasteiger partial charge in [-0.05, 0) is 53.0 Å². The Bertz CT molecular complexity index is 613. The first-order valence-corrected chi connectivity index (χ1v) is 7.87. The van der Waals surface area contributed by atoms with Gasteiger partial charge in [0.15, 0.2) is 0 Å². The molecule has 0 bridgehead atoms. The van der Waals surface area contributed by atoms with Crippen LogP contribution in [-0.4, -0.2) is 43.9 Å². The normalized spacial score (nSPS) is 12.2. The van der Waals surface area contributed by atoms with Gasteiger partial charge in [0.1, 0.15) is 5.41 Å². The molecule has 2 N–H and O–H groups in total. The summed E-state index contributed by atoms with van der Waals surface area (Å²) in [5.41, 5.74) is -2.82. The number of nitrogens with one attached hydrogen (secondary N) is 2. The lowest BCUT2D eigenvalue weighted by Crippen LogP contribution is -2.45. The maximum Gasteiger partial charge on any atom is 0.418 e. The van der Waals surface area contributed by atoms with Crippen molar-refractivity contribution in [2.75, 3.05) is 32.5 Å². The van der Waals surface area contributed by atoms with Gasteiger partial charge in [-0.2, -0.15) is 13.2 Å². The molecule has 0 radical (unpaired) electrons. The lowest BCUT2D eigenvalue weighted by atomic mass is 9.90. The predicted octanol–water partition coefficient (Wildman–Crippen LogP) is 2.74. The first kappa shape index (κ1) is 21.0. The highest BCUT2D eigenvalue weighted by Gasteiger charge is 2.38. The molecule has 0 saturated carbocycles. The standard InChI is InChI=1S/C17H24F3N3O2/c1-16(2,14(24)21-10-7-11-23(3)4)15(25)22-13-9-6-5-8-12(13)17(18,19)20/h5-6,8-9H,7,10-11H2,1-4H3,(H,21,24)(H,22,25). The predicted molar refractivity (Wildman–Crippen MR) is 90.0 cm³/mol. The quantitative estimate of drug-likeness (QED) is 0.581. The smallest absolute Gasteiger partial charge is 0.355 e. The summed E-state index contributed by atoms with van der Waals surface area (Å²) in [6.07, 6.45) is -3.89. The Labute approximate surface area is 145 Å². The molecule has 0 fully saturated rings. The molecule has 0 aliphatic heterocycles. The third kappa shape index (κ3) is 6.04. The van der Waals surface area contributed by atoms with Gasteiger partial charge in [0, 0.05) is 6.54 Å². The van der Waals surface area contributed by atoms with Crippen LogP contribution in [0.4, 0.5) is 18.9 Å². The van der Waals surface area contributed by atoms with Crippen molar-refractivity contribution in [1.82, 2.24) is 10.2 Å². The van der Waals surface area contributed by atoms with Crippen LogP contribution >= 0.6 is 0 Å². The van der Waals surface area contributed by atoms with Gasteiger partial charge in [0.2, 0.25) is 11.8 Å². The fourth-order valence-electron chi connectivity index (χ4n) is 2.04. The van der Waals surface area contributed by atoms with E-state index in [2.05, 4.69) is 10.6 Å². The number of carbonyl (C=O) groups is 2. The Morgan fingerprint density at radius 2 is 1.68 bits per heavy atom. The van der Waals surface area contributed by atoms with Crippen LogP contribution in [0.25, 0.3) is 0 Å². The Morgan fingerprint density at radius 1 is 1.08 bits per heavy atom. The van der Waals surface area contributed by atoms with Gasteiger partial charge in [-0.25, -0.2) is 0 Å². The molecule has 1 aromatic carbocycles. The summed E-state index contributed by atoms with van der Waals surface area (Å²) in [7, 11) is 3.80. The van der Waals surface area contributed by atoms with Crippen molar-refractivity contribution < 1.29 is 22.8 Å². The van der Waals surface area contributed by atoms with E-state index in [-0.39, 0.29) is 5.69 Å². The van der Waals surface area contributed by atoms with Gasteiger partial charge in [0.25, 0.3) is 0 Å². The summed E-state index contributed by atoms with van der Waals surface area (Å²) >= 11 is 0. The van der Waals surface area contributed by atoms with E-state index in [9.17, 15) is 22.8 Å². The number of benzene rings is 1. The summed E-state index contributed by atoms with van der Waals surface area (Å²) in [6.45, 7) is 3.90. The van der Waals surface area contributed by atoms with Gasteiger partial charge in [0.05, 0.1) is 11.3 Å². The molecule has 0 aliphatic rings. The second kappa shape index (κ2) is 8.33. The zero-order valence-electron chi connectivity index (χ0n) is 14.8. The lowest BCUT2D eigenvalue weighted by molar-refractivity contribution is -0.138. The molecule has 0 unspecified atom stereocenters. The second-order valence-corrected chi connectivity index (χ2v) is 6.54. The van der Waals surface area contributed by atoms with E-state index in [1.54, 1.807) is 0 Å². The van der Waals surface area contributed by atoms with Crippen molar-refractivity contribution >= 4 is 17.5 Å². The van der Waals surface area contributed by atoms with Crippen LogP contribution < -0.4 is 10.6 Å². The van der Waals surface area contributed by atoms with Gasteiger partial charge in [-0.1, -0.05) is 12.1 Å². The Balaban J connectivity index is 2.77. The number of carbonyl (C=O) groups excluding carboxylic acids is 2. The molecule has 0 aliphatic carbocycles. The molecule has 0 aromatic heterocycles. The van der Waals surface area contributed by atoms with Crippen LogP contribution in [-0.2, 0) is 15.8 Å². The summed E-state index contributed by atoms with van der Waals surface area (Å²) < 4.78 is 39.0. The third-order valence-electron chi connectivity index (χ3n) is 3.68. The summed E-state index contributed by atoms with van der Waals surface area (Å²) in [5, 5.41) is 4.86. The molecule has 0 atom stereocenters. The molecule has 1 rings (SSSR count). The molecule has 140 valence electrons. The third-order valence-corrected chi connectivity index (χ3v) is 3.68. The maximum atomic E-state index is 13.0. The molecule has 25 heavy (non-hydrogen) atoms. The van der Waals surface area contributed by atoms with Crippen molar-refractivity contribution in [2.45, 2.75) is 26.4 Å². The first-order valence-electron chi connectivity index (χ1n) is 7.87. The molecule has 0 saturated heterocycles. The molecule has 5 nitrogen and oxygen atoms in total. The highest BCUT2D eigenvalue weighted by molar-refractivity contribution is 6.10. The van der Waals surface area contributed by atoms with Crippen LogP contribution in [0.15, 0.2) is 24.3 Å². The van der Waals surface area contributed by atoms with Gasteiger partial charge < -0.3 is 15.5 Å². The van der Waals surface area contributed by atoms with Crippen LogP contribution in [0.2, 0.25) is 0 Å². The largest absolute Gasteiger partial charge is 0.418 e. The average Bonchev–Trinajstić information content (AvgIpc) is 2.50. The number of halogens is 3. The number of hydrogen-bond donors (Lipinski definition) is 2. The van der Waals surface area contributed by atoms with E-state index in [0.29, 0.717) is 13.0 Å². The minimum Gasteiger partial charge on any atom is -0.355 e. The van der Waals surface area contributed by atoms with Crippen molar-refractivity contribution in [2.24, 2.45) is 5.41 Å². The number of rotatable bonds is 7. The van der Waals surface area contributed by atoms with E-state index in [4.69, 9.17) is 0 Å². The fourth-order valence-corrected chi connectivity index (χ4v) is 2.04. The number of hydrogen-bond acceptors (Lipinski definition) is 3. The van der Waals surface area contributed by atoms with Crippen LogP contribution in [0.1, 0.15) is 25.8 Å². The molecular formula is C17H24F3N3O2.